The van der Waals surface area contributed by atoms with Gasteiger partial charge in [-0.25, -0.2) is 0 Å². The molecule has 1 aliphatic rings. The van der Waals surface area contributed by atoms with E-state index in [2.05, 4.69) is 49.4 Å². The van der Waals surface area contributed by atoms with Crippen molar-refractivity contribution >= 4 is 10.9 Å². The molecular formula is C18H27N3. The van der Waals surface area contributed by atoms with Crippen LogP contribution in [-0.2, 0) is 19.6 Å². The number of nitrogens with zero attached hydrogens (tertiary/aromatic N) is 2. The minimum atomic E-state index is 0.155. The lowest BCUT2D eigenvalue weighted by Gasteiger charge is -2.12. The molecule has 0 radical (unpaired) electrons. The first kappa shape index (κ1) is 14.6. The summed E-state index contributed by atoms with van der Waals surface area (Å²) in [5.41, 5.74) is 13.5. The van der Waals surface area contributed by atoms with Crippen molar-refractivity contribution in [2.45, 2.75) is 59.3 Å². The summed E-state index contributed by atoms with van der Waals surface area (Å²) in [4.78, 5) is 2.37. The number of nitrogens with two attached hydrogens (primary N) is 1. The summed E-state index contributed by atoms with van der Waals surface area (Å²) in [7, 11) is 2.19. The lowest BCUT2D eigenvalue weighted by Crippen LogP contribution is -2.11. The highest BCUT2D eigenvalue weighted by molar-refractivity contribution is 5.88. The predicted octanol–water partition coefficient (Wildman–Crippen LogP) is 3.71. The van der Waals surface area contributed by atoms with Gasteiger partial charge in [-0.05, 0) is 56.1 Å². The lowest BCUT2D eigenvalue weighted by atomic mass is 9.98. The first-order chi connectivity index (χ1) is 10.1. The predicted molar refractivity (Wildman–Crippen MR) is 89.4 cm³/mol. The maximum atomic E-state index is 6.49. The fraction of sp³-hybridized carbons (Fsp3) is 0.556. The van der Waals surface area contributed by atoms with E-state index in [9.17, 15) is 0 Å². The second-order valence-electron chi connectivity index (χ2n) is 6.45. The summed E-state index contributed by atoms with van der Waals surface area (Å²) >= 11 is 0. The maximum absolute atomic E-state index is 6.49. The van der Waals surface area contributed by atoms with Crippen LogP contribution in [0.4, 0.5) is 0 Å². The van der Waals surface area contributed by atoms with Crippen LogP contribution in [0.15, 0.2) is 12.1 Å². The number of benzene rings is 1. The van der Waals surface area contributed by atoms with E-state index in [1.807, 2.05) is 0 Å². The molecule has 2 aromatic rings. The number of rotatable bonds is 4. The highest BCUT2D eigenvalue weighted by Gasteiger charge is 2.22. The molecule has 0 spiro atoms. The Hall–Kier alpha value is -1.32. The van der Waals surface area contributed by atoms with Crippen molar-refractivity contribution in [3.8, 4) is 0 Å². The van der Waals surface area contributed by atoms with Gasteiger partial charge in [0.1, 0.15) is 0 Å². The van der Waals surface area contributed by atoms with Gasteiger partial charge in [0.05, 0.1) is 0 Å². The normalized spacial score (nSPS) is 16.6. The van der Waals surface area contributed by atoms with E-state index in [-0.39, 0.29) is 6.04 Å². The molecule has 0 aliphatic carbocycles. The number of fused-ring (bicyclic) bond motifs is 2. The third-order valence-corrected chi connectivity index (χ3v) is 4.86. The molecule has 2 heterocycles. The Morgan fingerprint density at radius 1 is 1.19 bits per heavy atom. The molecule has 3 nitrogen and oxygen atoms in total. The van der Waals surface area contributed by atoms with Gasteiger partial charge in [0.25, 0.3) is 0 Å². The zero-order valence-electron chi connectivity index (χ0n) is 13.7. The van der Waals surface area contributed by atoms with E-state index in [1.54, 1.807) is 0 Å². The zero-order valence-corrected chi connectivity index (χ0v) is 13.7. The van der Waals surface area contributed by atoms with Crippen molar-refractivity contribution in [2.75, 3.05) is 7.05 Å². The molecule has 1 unspecified atom stereocenters. The molecule has 1 aromatic heterocycles. The topological polar surface area (TPSA) is 34.2 Å². The van der Waals surface area contributed by atoms with Crippen molar-refractivity contribution in [2.24, 2.45) is 5.73 Å². The second-order valence-corrected chi connectivity index (χ2v) is 6.45. The molecule has 0 saturated heterocycles. The third kappa shape index (κ3) is 2.29. The number of aromatic nitrogens is 1. The average molecular weight is 285 g/mol. The molecule has 3 heteroatoms. The second kappa shape index (κ2) is 5.47. The summed E-state index contributed by atoms with van der Waals surface area (Å²) in [5, 5.41) is 1.38. The van der Waals surface area contributed by atoms with Crippen LogP contribution in [0.2, 0.25) is 0 Å². The van der Waals surface area contributed by atoms with Crippen LogP contribution in [0.3, 0.4) is 0 Å². The molecule has 1 aliphatic heterocycles. The van der Waals surface area contributed by atoms with Crippen molar-refractivity contribution in [3.63, 3.8) is 0 Å². The first-order valence-corrected chi connectivity index (χ1v) is 8.15. The highest BCUT2D eigenvalue weighted by Crippen LogP contribution is 2.35. The van der Waals surface area contributed by atoms with Gasteiger partial charge in [-0.3, -0.25) is 4.90 Å². The van der Waals surface area contributed by atoms with Gasteiger partial charge in [-0.1, -0.05) is 13.3 Å². The Bertz CT molecular complexity index is 669. The minimum absolute atomic E-state index is 0.155. The van der Waals surface area contributed by atoms with Crippen molar-refractivity contribution in [1.82, 2.24) is 9.47 Å². The number of aryl methyl sites for hydroxylation is 1. The lowest BCUT2D eigenvalue weighted by molar-refractivity contribution is 0.353. The van der Waals surface area contributed by atoms with Crippen LogP contribution in [0, 0.1) is 6.92 Å². The Morgan fingerprint density at radius 3 is 2.48 bits per heavy atom. The third-order valence-electron chi connectivity index (χ3n) is 4.86. The molecule has 3 rings (SSSR count). The molecule has 1 aromatic carbocycles. The Morgan fingerprint density at radius 2 is 1.86 bits per heavy atom. The summed E-state index contributed by atoms with van der Waals surface area (Å²) in [6, 6.07) is 4.95. The largest absolute Gasteiger partial charge is 0.345 e. The Kier molecular flexibility index (Phi) is 3.80. The van der Waals surface area contributed by atoms with Gasteiger partial charge >= 0.3 is 0 Å². The quantitative estimate of drug-likeness (QED) is 0.929. The van der Waals surface area contributed by atoms with Crippen LogP contribution >= 0.6 is 0 Å². The van der Waals surface area contributed by atoms with Crippen LogP contribution in [-0.4, -0.2) is 16.5 Å². The van der Waals surface area contributed by atoms with Crippen LogP contribution in [0.25, 0.3) is 10.9 Å². The molecule has 114 valence electrons. The van der Waals surface area contributed by atoms with E-state index in [1.165, 1.54) is 33.3 Å². The smallest absolute Gasteiger partial charge is 0.0489 e. The van der Waals surface area contributed by atoms with Crippen molar-refractivity contribution < 1.29 is 0 Å². The Balaban J connectivity index is 2.23. The number of hydrogen-bond donors (Lipinski definition) is 1. The maximum Gasteiger partial charge on any atom is 0.0489 e. The van der Waals surface area contributed by atoms with Crippen LogP contribution in [0.5, 0.6) is 0 Å². The minimum Gasteiger partial charge on any atom is -0.345 e. The standard InChI is InChI=1S/C18H27N3/c1-5-7-16(19)18-12(3)21(6-2)17-9-14-11-20(4)10-13(14)8-15(17)18/h8-9,16H,5-7,10-11,19H2,1-4H3. The Labute approximate surface area is 127 Å². The van der Waals surface area contributed by atoms with E-state index >= 15 is 0 Å². The molecular weight excluding hydrogens is 258 g/mol. The van der Waals surface area contributed by atoms with Crippen LogP contribution in [0.1, 0.15) is 55.1 Å². The fourth-order valence-corrected chi connectivity index (χ4v) is 3.90. The molecule has 0 amide bonds. The van der Waals surface area contributed by atoms with Gasteiger partial charge in [0, 0.05) is 42.3 Å². The van der Waals surface area contributed by atoms with Crippen LogP contribution < -0.4 is 5.73 Å². The summed E-state index contributed by atoms with van der Waals surface area (Å²) in [6.45, 7) is 9.79. The van der Waals surface area contributed by atoms with Gasteiger partial charge in [-0.15, -0.1) is 0 Å². The van der Waals surface area contributed by atoms with Gasteiger partial charge < -0.3 is 10.3 Å². The van der Waals surface area contributed by atoms with Crippen molar-refractivity contribution in [1.29, 1.82) is 0 Å². The summed E-state index contributed by atoms with van der Waals surface area (Å²) in [5.74, 6) is 0. The van der Waals surface area contributed by atoms with E-state index in [4.69, 9.17) is 5.73 Å². The van der Waals surface area contributed by atoms with E-state index in [0.717, 1.165) is 32.5 Å². The summed E-state index contributed by atoms with van der Waals surface area (Å²) < 4.78 is 2.43. The van der Waals surface area contributed by atoms with E-state index in [0.29, 0.717) is 0 Å². The number of hydrogen-bond acceptors (Lipinski definition) is 2. The SMILES string of the molecule is CCCC(N)c1c(C)n(CC)c2cc3c(cc12)CN(C)C3. The van der Waals surface area contributed by atoms with Crippen molar-refractivity contribution in [3.05, 3.63) is 34.5 Å². The van der Waals surface area contributed by atoms with Gasteiger partial charge in [-0.2, -0.15) is 0 Å². The molecule has 0 bridgehead atoms. The monoisotopic (exact) mass is 285 g/mol. The molecule has 2 N–H and O–H groups in total. The molecule has 1 atom stereocenters. The van der Waals surface area contributed by atoms with E-state index < -0.39 is 0 Å². The molecule has 21 heavy (non-hydrogen) atoms. The highest BCUT2D eigenvalue weighted by atomic mass is 15.1. The molecule has 0 saturated carbocycles. The molecule has 0 fully saturated rings. The fourth-order valence-electron chi connectivity index (χ4n) is 3.90. The zero-order chi connectivity index (χ0) is 15.1. The summed E-state index contributed by atoms with van der Waals surface area (Å²) in [6.07, 6.45) is 2.19. The van der Waals surface area contributed by atoms with Gasteiger partial charge in [0.2, 0.25) is 0 Å². The van der Waals surface area contributed by atoms with Gasteiger partial charge in [0.15, 0.2) is 0 Å². The first-order valence-electron chi connectivity index (χ1n) is 8.15. The average Bonchev–Trinajstić information content (AvgIpc) is 2.91.